The van der Waals surface area contributed by atoms with E-state index in [2.05, 4.69) is 0 Å². The predicted molar refractivity (Wildman–Crippen MR) is 89.1 cm³/mol. The van der Waals surface area contributed by atoms with E-state index in [1.165, 1.54) is 7.11 Å². The van der Waals surface area contributed by atoms with Crippen molar-refractivity contribution in [2.75, 3.05) is 12.0 Å². The number of fused-ring (bicyclic) bond motifs is 1. The molecule has 0 saturated heterocycles. The summed E-state index contributed by atoms with van der Waals surface area (Å²) in [5.74, 6) is -1.32. The number of hydrogen-bond acceptors (Lipinski definition) is 4. The Morgan fingerprint density at radius 2 is 1.54 bits per heavy atom. The van der Waals surface area contributed by atoms with Gasteiger partial charge in [0.25, 0.3) is 11.8 Å². The first-order valence-electron chi connectivity index (χ1n) is 7.74. The first-order chi connectivity index (χ1) is 11.6. The van der Waals surface area contributed by atoms with Crippen molar-refractivity contribution >= 4 is 23.5 Å². The zero-order valence-electron chi connectivity index (χ0n) is 13.5. The third kappa shape index (κ3) is 2.48. The maximum atomic E-state index is 12.5. The summed E-state index contributed by atoms with van der Waals surface area (Å²) in [5, 5.41) is 0. The highest BCUT2D eigenvalue weighted by molar-refractivity contribution is 6.34. The topological polar surface area (TPSA) is 63.7 Å². The van der Waals surface area contributed by atoms with Gasteiger partial charge in [0.2, 0.25) is 0 Å². The summed E-state index contributed by atoms with van der Waals surface area (Å²) >= 11 is 0. The van der Waals surface area contributed by atoms with Gasteiger partial charge in [-0.2, -0.15) is 0 Å². The monoisotopic (exact) mass is 323 g/mol. The van der Waals surface area contributed by atoms with Gasteiger partial charge >= 0.3 is 5.97 Å². The highest BCUT2D eigenvalue weighted by Gasteiger charge is 2.36. The molecule has 0 fully saturated rings. The van der Waals surface area contributed by atoms with Gasteiger partial charge < -0.3 is 4.74 Å². The van der Waals surface area contributed by atoms with E-state index in [1.54, 1.807) is 48.5 Å². The lowest BCUT2D eigenvalue weighted by Crippen LogP contribution is -2.29. The van der Waals surface area contributed by atoms with Crippen molar-refractivity contribution in [3.8, 4) is 0 Å². The first-order valence-corrected chi connectivity index (χ1v) is 7.74. The van der Waals surface area contributed by atoms with E-state index in [1.807, 2.05) is 6.92 Å². The fraction of sp³-hybridized carbons (Fsp3) is 0.211. The number of amides is 2. The van der Waals surface area contributed by atoms with Crippen molar-refractivity contribution in [3.63, 3.8) is 0 Å². The van der Waals surface area contributed by atoms with Crippen LogP contribution >= 0.6 is 0 Å². The molecule has 24 heavy (non-hydrogen) atoms. The maximum Gasteiger partial charge on any atom is 0.313 e. The van der Waals surface area contributed by atoms with Crippen LogP contribution < -0.4 is 4.90 Å². The van der Waals surface area contributed by atoms with E-state index in [0.717, 1.165) is 10.5 Å². The third-order valence-corrected chi connectivity index (χ3v) is 4.24. The number of ether oxygens (including phenoxy) is 1. The molecule has 0 spiro atoms. The number of methoxy groups -OCH3 is 1. The zero-order chi connectivity index (χ0) is 17.3. The summed E-state index contributed by atoms with van der Waals surface area (Å²) < 4.78 is 4.81. The second kappa shape index (κ2) is 6.28. The van der Waals surface area contributed by atoms with Crippen LogP contribution in [0.3, 0.4) is 0 Å². The number of esters is 1. The molecule has 5 heteroatoms. The van der Waals surface area contributed by atoms with Crippen LogP contribution in [-0.2, 0) is 9.53 Å². The minimum atomic E-state index is -0.355. The van der Waals surface area contributed by atoms with Gasteiger partial charge in [0.15, 0.2) is 0 Å². The Hall–Kier alpha value is -2.95. The molecular weight excluding hydrogens is 306 g/mol. The second-order valence-electron chi connectivity index (χ2n) is 5.57. The molecule has 0 radical (unpaired) electrons. The molecule has 0 N–H and O–H groups in total. The lowest BCUT2D eigenvalue weighted by atomic mass is 9.96. The van der Waals surface area contributed by atoms with Crippen molar-refractivity contribution in [2.45, 2.75) is 19.3 Å². The van der Waals surface area contributed by atoms with Crippen LogP contribution in [0.25, 0.3) is 0 Å². The smallest absolute Gasteiger partial charge is 0.313 e. The molecule has 1 aliphatic heterocycles. The van der Waals surface area contributed by atoms with Crippen molar-refractivity contribution in [2.24, 2.45) is 0 Å². The fourth-order valence-corrected chi connectivity index (χ4v) is 2.96. The number of nitrogens with zero attached hydrogens (tertiary/aromatic N) is 1. The van der Waals surface area contributed by atoms with Gasteiger partial charge in [0.05, 0.1) is 29.8 Å². The van der Waals surface area contributed by atoms with E-state index in [0.29, 0.717) is 23.2 Å². The van der Waals surface area contributed by atoms with Gasteiger partial charge in [0.1, 0.15) is 0 Å². The van der Waals surface area contributed by atoms with Crippen LogP contribution in [0.15, 0.2) is 48.5 Å². The molecule has 1 aliphatic rings. The molecule has 2 aromatic carbocycles. The molecule has 2 amide bonds. The fourth-order valence-electron chi connectivity index (χ4n) is 2.96. The van der Waals surface area contributed by atoms with E-state index in [9.17, 15) is 14.4 Å². The Morgan fingerprint density at radius 3 is 2.00 bits per heavy atom. The largest absolute Gasteiger partial charge is 0.469 e. The summed E-state index contributed by atoms with van der Waals surface area (Å²) in [7, 11) is 1.36. The number of carbonyl (C=O) groups excluding carboxylic acids is 3. The predicted octanol–water partition coefficient (Wildman–Crippen LogP) is 3.15. The molecule has 2 aromatic rings. The minimum absolute atomic E-state index is 0.300. The van der Waals surface area contributed by atoms with Gasteiger partial charge in [-0.25, -0.2) is 4.90 Å². The highest BCUT2D eigenvalue weighted by Crippen LogP contribution is 2.30. The van der Waals surface area contributed by atoms with Gasteiger partial charge in [-0.05, 0) is 36.2 Å². The number of hydrogen-bond donors (Lipinski definition) is 0. The molecule has 1 unspecified atom stereocenters. The number of rotatable bonds is 4. The SMILES string of the molecule is CCC(C(=O)OC)c1ccc(N2C(=O)c3ccccc3C2=O)cc1. The summed E-state index contributed by atoms with van der Waals surface area (Å²) in [6.07, 6.45) is 0.610. The Balaban J connectivity index is 1.91. The lowest BCUT2D eigenvalue weighted by molar-refractivity contribution is -0.142. The quantitative estimate of drug-likeness (QED) is 0.640. The molecule has 1 atom stereocenters. The van der Waals surface area contributed by atoms with Crippen molar-refractivity contribution < 1.29 is 19.1 Å². The zero-order valence-corrected chi connectivity index (χ0v) is 13.5. The summed E-state index contributed by atoms with van der Waals surface area (Å²) in [6.45, 7) is 1.90. The van der Waals surface area contributed by atoms with Crippen LogP contribution in [-0.4, -0.2) is 24.9 Å². The van der Waals surface area contributed by atoms with E-state index >= 15 is 0 Å². The average Bonchev–Trinajstić information content (AvgIpc) is 2.87. The van der Waals surface area contributed by atoms with Crippen molar-refractivity contribution in [1.82, 2.24) is 0 Å². The van der Waals surface area contributed by atoms with Gasteiger partial charge in [-0.3, -0.25) is 14.4 Å². The molecule has 1 heterocycles. The molecular formula is C19H17NO4. The summed E-state index contributed by atoms with van der Waals surface area (Å²) in [5.41, 5.74) is 2.11. The second-order valence-corrected chi connectivity index (χ2v) is 5.57. The van der Waals surface area contributed by atoms with Crippen LogP contribution in [0.4, 0.5) is 5.69 Å². The molecule has 0 saturated carbocycles. The Morgan fingerprint density at radius 1 is 1.00 bits per heavy atom. The van der Waals surface area contributed by atoms with Gasteiger partial charge in [-0.15, -0.1) is 0 Å². The molecule has 122 valence electrons. The number of anilines is 1. The van der Waals surface area contributed by atoms with Crippen LogP contribution in [0.5, 0.6) is 0 Å². The molecule has 0 bridgehead atoms. The van der Waals surface area contributed by atoms with E-state index in [-0.39, 0.29) is 23.7 Å². The summed E-state index contributed by atoms with van der Waals surface area (Å²) in [4.78, 5) is 37.9. The Kier molecular flexibility index (Phi) is 4.16. The molecule has 0 aromatic heterocycles. The van der Waals surface area contributed by atoms with Gasteiger partial charge in [0, 0.05) is 0 Å². The number of imide groups is 1. The normalized spacial score (nSPS) is 14.5. The number of benzene rings is 2. The molecule has 0 aliphatic carbocycles. The molecule has 5 nitrogen and oxygen atoms in total. The Bertz CT molecular complexity index is 775. The average molecular weight is 323 g/mol. The van der Waals surface area contributed by atoms with E-state index < -0.39 is 0 Å². The Labute approximate surface area is 139 Å². The molecule has 3 rings (SSSR count). The first kappa shape index (κ1) is 15.9. The van der Waals surface area contributed by atoms with Crippen LogP contribution in [0, 0.1) is 0 Å². The third-order valence-electron chi connectivity index (χ3n) is 4.24. The standard InChI is InChI=1S/C19H17NO4/c1-3-14(19(23)24-2)12-8-10-13(11-9-12)20-17(21)15-6-4-5-7-16(15)18(20)22/h4-11,14H,3H2,1-2H3. The van der Waals surface area contributed by atoms with Crippen LogP contribution in [0.1, 0.15) is 45.5 Å². The highest BCUT2D eigenvalue weighted by atomic mass is 16.5. The van der Waals surface area contributed by atoms with Crippen LogP contribution in [0.2, 0.25) is 0 Å². The minimum Gasteiger partial charge on any atom is -0.469 e. The number of carbonyl (C=O) groups is 3. The van der Waals surface area contributed by atoms with Crippen molar-refractivity contribution in [1.29, 1.82) is 0 Å². The summed E-state index contributed by atoms with van der Waals surface area (Å²) in [6, 6.07) is 13.6. The lowest BCUT2D eigenvalue weighted by Gasteiger charge is -2.17. The van der Waals surface area contributed by atoms with Gasteiger partial charge in [-0.1, -0.05) is 31.2 Å². The van der Waals surface area contributed by atoms with E-state index in [4.69, 9.17) is 4.74 Å². The van der Waals surface area contributed by atoms with Crippen molar-refractivity contribution in [3.05, 3.63) is 65.2 Å². The maximum absolute atomic E-state index is 12.5.